The molecule has 0 N–H and O–H groups in total. The maximum Gasteiger partial charge on any atom is 0.227 e. The molecule has 0 spiro atoms. The van der Waals surface area contributed by atoms with Crippen molar-refractivity contribution < 1.29 is 4.42 Å². The van der Waals surface area contributed by atoms with Gasteiger partial charge in [-0.15, -0.1) is 0 Å². The number of aryl methyl sites for hydroxylation is 1. The molecular weight excluding hydrogens is 270 g/mol. The monoisotopic (exact) mass is 285 g/mol. The van der Waals surface area contributed by atoms with Crippen molar-refractivity contribution in [3.05, 3.63) is 78.5 Å². The third-order valence-electron chi connectivity index (χ3n) is 3.86. The number of benzene rings is 3. The van der Waals surface area contributed by atoms with Crippen molar-refractivity contribution in [3.63, 3.8) is 0 Å². The lowest BCUT2D eigenvalue weighted by Gasteiger charge is -2.02. The first-order valence-corrected chi connectivity index (χ1v) is 7.32. The smallest absolute Gasteiger partial charge is 0.227 e. The summed E-state index contributed by atoms with van der Waals surface area (Å²) in [4.78, 5) is 4.47. The largest absolute Gasteiger partial charge is 0.436 e. The van der Waals surface area contributed by atoms with Crippen LogP contribution in [0.2, 0.25) is 0 Å². The van der Waals surface area contributed by atoms with Crippen molar-refractivity contribution in [2.24, 2.45) is 0 Å². The van der Waals surface area contributed by atoms with Crippen molar-refractivity contribution >= 4 is 10.8 Å². The van der Waals surface area contributed by atoms with E-state index in [4.69, 9.17) is 4.42 Å². The van der Waals surface area contributed by atoms with E-state index in [0.717, 1.165) is 22.3 Å². The number of rotatable bonds is 2. The molecule has 1 heterocycles. The van der Waals surface area contributed by atoms with Crippen LogP contribution in [0.25, 0.3) is 33.6 Å². The van der Waals surface area contributed by atoms with Crippen LogP contribution in [0.4, 0.5) is 0 Å². The van der Waals surface area contributed by atoms with Gasteiger partial charge in [-0.2, -0.15) is 0 Å². The van der Waals surface area contributed by atoms with Gasteiger partial charge in [0, 0.05) is 11.1 Å². The molecule has 0 amide bonds. The second kappa shape index (κ2) is 5.15. The zero-order chi connectivity index (χ0) is 14.9. The van der Waals surface area contributed by atoms with Gasteiger partial charge in [0.05, 0.1) is 6.20 Å². The molecule has 0 aliphatic carbocycles. The summed E-state index contributed by atoms with van der Waals surface area (Å²) in [7, 11) is 0. The fraction of sp³-hybridized carbons (Fsp3) is 0.0500. The van der Waals surface area contributed by atoms with Crippen LogP contribution in [0, 0.1) is 6.92 Å². The number of hydrogen-bond acceptors (Lipinski definition) is 2. The van der Waals surface area contributed by atoms with Crippen LogP contribution < -0.4 is 0 Å². The van der Waals surface area contributed by atoms with E-state index in [1.165, 1.54) is 10.9 Å². The predicted octanol–water partition coefficient (Wildman–Crippen LogP) is 5.47. The number of aromatic nitrogens is 1. The van der Waals surface area contributed by atoms with Crippen molar-refractivity contribution in [2.75, 3.05) is 0 Å². The molecule has 0 saturated heterocycles. The van der Waals surface area contributed by atoms with E-state index >= 15 is 0 Å². The highest BCUT2D eigenvalue weighted by molar-refractivity contribution is 5.94. The van der Waals surface area contributed by atoms with Gasteiger partial charge >= 0.3 is 0 Å². The van der Waals surface area contributed by atoms with E-state index in [-0.39, 0.29) is 0 Å². The van der Waals surface area contributed by atoms with Crippen LogP contribution in [0.1, 0.15) is 5.56 Å². The molecule has 3 aromatic carbocycles. The van der Waals surface area contributed by atoms with E-state index in [1.807, 2.05) is 24.3 Å². The lowest BCUT2D eigenvalue weighted by molar-refractivity contribution is 0.589. The average molecular weight is 285 g/mol. The molecule has 106 valence electrons. The van der Waals surface area contributed by atoms with Gasteiger partial charge < -0.3 is 4.42 Å². The minimum atomic E-state index is 0.660. The standard InChI is InChI=1S/C20H15NO/c1-14-9-11-16(12-10-14)19-13-21-20(22-19)18-8-4-6-15-5-2-3-7-17(15)18/h2-13H,1H3. The molecule has 0 fully saturated rings. The Kier molecular flexibility index (Phi) is 3.01. The Labute approximate surface area is 129 Å². The molecule has 2 heteroatoms. The molecule has 2 nitrogen and oxygen atoms in total. The van der Waals surface area contributed by atoms with Crippen molar-refractivity contribution in [1.29, 1.82) is 0 Å². The Balaban J connectivity index is 1.82. The van der Waals surface area contributed by atoms with E-state index in [2.05, 4.69) is 54.4 Å². The Morgan fingerprint density at radius 2 is 1.59 bits per heavy atom. The predicted molar refractivity (Wildman–Crippen MR) is 89.6 cm³/mol. The lowest BCUT2D eigenvalue weighted by Crippen LogP contribution is -1.80. The molecule has 0 bridgehead atoms. The molecule has 0 unspecified atom stereocenters. The average Bonchev–Trinajstić information content (AvgIpc) is 3.05. The van der Waals surface area contributed by atoms with Crippen LogP contribution in [0.3, 0.4) is 0 Å². The maximum atomic E-state index is 5.99. The Morgan fingerprint density at radius 1 is 0.818 bits per heavy atom. The van der Waals surface area contributed by atoms with E-state index in [1.54, 1.807) is 6.20 Å². The molecule has 0 saturated carbocycles. The maximum absolute atomic E-state index is 5.99. The summed E-state index contributed by atoms with van der Waals surface area (Å²) in [6.45, 7) is 2.08. The Hall–Kier alpha value is -2.87. The summed E-state index contributed by atoms with van der Waals surface area (Å²) < 4.78 is 5.99. The molecular formula is C20H15NO. The molecule has 1 aromatic heterocycles. The molecule has 0 radical (unpaired) electrons. The summed E-state index contributed by atoms with van der Waals surface area (Å²) in [6, 6.07) is 22.7. The normalized spacial score (nSPS) is 11.0. The van der Waals surface area contributed by atoms with Crippen LogP contribution >= 0.6 is 0 Å². The number of fused-ring (bicyclic) bond motifs is 1. The first kappa shape index (κ1) is 12.8. The van der Waals surface area contributed by atoms with Gasteiger partial charge in [0.25, 0.3) is 0 Å². The molecule has 0 aliphatic rings. The molecule has 4 aromatic rings. The third-order valence-corrected chi connectivity index (χ3v) is 3.86. The molecule has 22 heavy (non-hydrogen) atoms. The summed E-state index contributed by atoms with van der Waals surface area (Å²) in [5.41, 5.74) is 3.30. The molecule has 0 aliphatic heterocycles. The summed E-state index contributed by atoms with van der Waals surface area (Å²) in [5, 5.41) is 2.34. The van der Waals surface area contributed by atoms with Gasteiger partial charge in [0.15, 0.2) is 5.76 Å². The quantitative estimate of drug-likeness (QED) is 0.488. The fourth-order valence-corrected chi connectivity index (χ4v) is 2.66. The Bertz CT molecular complexity index is 930. The van der Waals surface area contributed by atoms with Gasteiger partial charge in [-0.3, -0.25) is 0 Å². The highest BCUT2D eigenvalue weighted by Crippen LogP contribution is 2.31. The zero-order valence-corrected chi connectivity index (χ0v) is 12.3. The minimum Gasteiger partial charge on any atom is -0.436 e. The van der Waals surface area contributed by atoms with Crippen molar-refractivity contribution in [1.82, 2.24) is 4.98 Å². The Morgan fingerprint density at radius 3 is 2.45 bits per heavy atom. The summed E-state index contributed by atoms with van der Waals surface area (Å²) in [6.07, 6.45) is 1.79. The third kappa shape index (κ3) is 2.19. The zero-order valence-electron chi connectivity index (χ0n) is 12.3. The van der Waals surface area contributed by atoms with Gasteiger partial charge in [-0.25, -0.2) is 4.98 Å². The van der Waals surface area contributed by atoms with Crippen LogP contribution in [-0.4, -0.2) is 4.98 Å². The molecule has 0 atom stereocenters. The lowest BCUT2D eigenvalue weighted by atomic mass is 10.0. The fourth-order valence-electron chi connectivity index (χ4n) is 2.66. The first-order chi connectivity index (χ1) is 10.8. The van der Waals surface area contributed by atoms with E-state index in [9.17, 15) is 0 Å². The van der Waals surface area contributed by atoms with Gasteiger partial charge in [-0.05, 0) is 23.8 Å². The number of oxazole rings is 1. The number of hydrogen-bond donors (Lipinski definition) is 0. The van der Waals surface area contributed by atoms with Crippen molar-refractivity contribution in [2.45, 2.75) is 6.92 Å². The summed E-state index contributed by atoms with van der Waals surface area (Å²) >= 11 is 0. The second-order valence-electron chi connectivity index (χ2n) is 5.42. The molecule has 4 rings (SSSR count). The SMILES string of the molecule is Cc1ccc(-c2cnc(-c3cccc4ccccc34)o2)cc1. The topological polar surface area (TPSA) is 26.0 Å². The van der Waals surface area contributed by atoms with Gasteiger partial charge in [0.2, 0.25) is 5.89 Å². The highest BCUT2D eigenvalue weighted by Gasteiger charge is 2.11. The van der Waals surface area contributed by atoms with Gasteiger partial charge in [0.1, 0.15) is 0 Å². The van der Waals surface area contributed by atoms with E-state index < -0.39 is 0 Å². The number of nitrogens with zero attached hydrogens (tertiary/aromatic N) is 1. The van der Waals surface area contributed by atoms with Crippen LogP contribution in [-0.2, 0) is 0 Å². The van der Waals surface area contributed by atoms with Gasteiger partial charge in [-0.1, -0.05) is 66.2 Å². The minimum absolute atomic E-state index is 0.660. The first-order valence-electron chi connectivity index (χ1n) is 7.32. The van der Waals surface area contributed by atoms with E-state index in [0.29, 0.717) is 5.89 Å². The highest BCUT2D eigenvalue weighted by atomic mass is 16.4. The van der Waals surface area contributed by atoms with Crippen molar-refractivity contribution in [3.8, 4) is 22.8 Å². The second-order valence-corrected chi connectivity index (χ2v) is 5.42. The van der Waals surface area contributed by atoms with Crippen LogP contribution in [0.15, 0.2) is 77.3 Å². The van der Waals surface area contributed by atoms with Crippen LogP contribution in [0.5, 0.6) is 0 Å². The summed E-state index contributed by atoms with van der Waals surface area (Å²) in [5.74, 6) is 1.45.